The molecule has 3 aliphatic heterocycles. The van der Waals surface area contributed by atoms with Gasteiger partial charge in [0.25, 0.3) is 0 Å². The predicted octanol–water partition coefficient (Wildman–Crippen LogP) is -1.04. The number of fused-ring (bicyclic) bond motifs is 2. The number of benzene rings is 2. The number of nitrogens with zero attached hydrogens (tertiary/aromatic N) is 2. The van der Waals surface area contributed by atoms with Crippen LogP contribution in [0.2, 0.25) is 0 Å². The minimum Gasteiger partial charge on any atom is -0.391 e. The summed E-state index contributed by atoms with van der Waals surface area (Å²) in [7, 11) is 0. The highest BCUT2D eigenvalue weighted by atomic mass is 16.3. The Morgan fingerprint density at radius 2 is 0.677 bits per heavy atom. The van der Waals surface area contributed by atoms with E-state index in [1.165, 1.54) is 23.6 Å². The van der Waals surface area contributed by atoms with Gasteiger partial charge in [0.05, 0.1) is 12.2 Å². The number of carbonyl (C=O) groups excluding carboxylic acids is 12. The number of rotatable bonds is 18. The molecule has 5 rings (SSSR count). The molecule has 96 heavy (non-hydrogen) atoms. The van der Waals surface area contributed by atoms with E-state index in [4.69, 9.17) is 11.5 Å². The molecular weight excluding hydrogens is 1240 g/mol. The molecule has 3 heterocycles. The monoisotopic (exact) mass is 1340 g/mol. The van der Waals surface area contributed by atoms with E-state index < -0.39 is 167 Å². The summed E-state index contributed by atoms with van der Waals surface area (Å²) < 4.78 is 0. The minimum atomic E-state index is -1.69. The van der Waals surface area contributed by atoms with Gasteiger partial charge in [0.1, 0.15) is 72.5 Å². The van der Waals surface area contributed by atoms with Crippen LogP contribution in [-0.2, 0) is 70.4 Å². The zero-order valence-corrected chi connectivity index (χ0v) is 57.3. The first-order valence-electron chi connectivity index (χ1n) is 33.9. The highest BCUT2D eigenvalue weighted by Gasteiger charge is 2.44. The molecule has 0 saturated carbocycles. The van der Waals surface area contributed by atoms with Gasteiger partial charge in [-0.2, -0.15) is 0 Å². The number of hydrogen-bond acceptors (Lipinski definition) is 16. The molecule has 0 aliphatic carbocycles. The second kappa shape index (κ2) is 38.0. The molecule has 0 aromatic heterocycles. The molecule has 16 N–H and O–H groups in total. The maximum atomic E-state index is 15.0. The SMILES string of the molecule is CC(C)C[C@@H]1NC(=O)[C@H](CCCN)NC(=O)[C@H](C(C)C)NC(=O)[C@H]([C@@H](C)O)NC(=O)[C@@H]2CCCN2C(=O)[C@@H](Cc2ccccc2)NC(=O)[C@H](CC(C)C)NC(=O)[C@H](CCCN)NC(=O)[C@H](C(C)C)NC(=O)[C@H]([C@@H](C)O)NC(=O)[C@@H]2CCCN2C(=O)[C@@H](Cc2ccccc2)NC1=O. The standard InChI is InChI=1S/C68H106N14O14/c1-37(2)33-47-59(87)75-49(35-43-21-13-11-14-22-43)67(95)81-31-19-27-51(81)61(89)79-56(42(10)84)66(94)78-54(40(7)8)64(92)72-46(26-18-30-70)58(86)74-48(34-38(3)4)60(88)76-50(36-44-23-15-12-16-24-44)68(96)82-32-20-28-52(82)62(90)80-55(41(9)83)65(93)77-53(39(5)6)63(91)71-45(25-17-29-69)57(85)73-47/h11-16,21-24,37-42,45-56,83-84H,17-20,25-36,69-70H2,1-10H3,(H,71,91)(H,72,92)(H,73,85)(H,74,86)(H,75,87)(H,76,88)(H,77,93)(H,78,94)(H,79,89)(H,80,90)/t41-,42-,45+,46+,47+,48+,49-,50-,51+,52+,53+,54+,55+,56+/m1/s1. The Morgan fingerprint density at radius 3 is 0.979 bits per heavy atom. The van der Waals surface area contributed by atoms with Crippen molar-refractivity contribution in [3.63, 3.8) is 0 Å². The molecule has 28 nitrogen and oxygen atoms in total. The van der Waals surface area contributed by atoms with E-state index in [0.29, 0.717) is 24.0 Å². The van der Waals surface area contributed by atoms with Crippen molar-refractivity contribution < 1.29 is 67.7 Å². The molecule has 0 unspecified atom stereocenters. The second-order valence-electron chi connectivity index (χ2n) is 27.2. The molecule has 3 fully saturated rings. The molecule has 2 aromatic carbocycles. The molecule has 2 aromatic rings. The lowest BCUT2D eigenvalue weighted by atomic mass is 9.99. The Labute approximate surface area is 563 Å². The maximum absolute atomic E-state index is 15.0. The zero-order chi connectivity index (χ0) is 71.1. The van der Waals surface area contributed by atoms with Gasteiger partial charge in [-0.05, 0) is 126 Å². The molecule has 0 spiro atoms. The Kier molecular flexibility index (Phi) is 31.1. The third-order valence-electron chi connectivity index (χ3n) is 17.4. The van der Waals surface area contributed by atoms with Gasteiger partial charge in [-0.15, -0.1) is 0 Å². The van der Waals surface area contributed by atoms with Crippen LogP contribution in [0, 0.1) is 23.7 Å². The lowest BCUT2D eigenvalue weighted by molar-refractivity contribution is -0.143. The van der Waals surface area contributed by atoms with Gasteiger partial charge in [-0.3, -0.25) is 57.5 Å². The van der Waals surface area contributed by atoms with E-state index in [1.54, 1.807) is 88.4 Å². The van der Waals surface area contributed by atoms with Gasteiger partial charge in [-0.25, -0.2) is 0 Å². The smallest absolute Gasteiger partial charge is 0.246 e. The van der Waals surface area contributed by atoms with Crippen LogP contribution in [0.25, 0.3) is 0 Å². The number of aliphatic hydroxyl groups is 2. The molecule has 12 amide bonds. The molecule has 3 saturated heterocycles. The summed E-state index contributed by atoms with van der Waals surface area (Å²) in [6.07, 6.45) is -1.86. The van der Waals surface area contributed by atoms with Crippen molar-refractivity contribution in [1.82, 2.24) is 63.0 Å². The van der Waals surface area contributed by atoms with Gasteiger partial charge in [0.2, 0.25) is 70.9 Å². The van der Waals surface area contributed by atoms with E-state index in [-0.39, 0.29) is 102 Å². The second-order valence-corrected chi connectivity index (χ2v) is 27.2. The van der Waals surface area contributed by atoms with Crippen LogP contribution in [0.4, 0.5) is 0 Å². The summed E-state index contributed by atoms with van der Waals surface area (Å²) in [5.41, 5.74) is 13.1. The maximum Gasteiger partial charge on any atom is 0.246 e. The average Bonchev–Trinajstić information content (AvgIpc) is 1.54. The number of amides is 12. The topological polar surface area (TPSA) is 424 Å². The van der Waals surface area contributed by atoms with Gasteiger partial charge in [0, 0.05) is 25.9 Å². The van der Waals surface area contributed by atoms with Crippen LogP contribution in [0.15, 0.2) is 60.7 Å². The quantitative estimate of drug-likeness (QED) is 0.0848. The Morgan fingerprint density at radius 1 is 0.385 bits per heavy atom. The van der Waals surface area contributed by atoms with Crippen molar-refractivity contribution in [2.75, 3.05) is 26.2 Å². The van der Waals surface area contributed by atoms with Gasteiger partial charge in [-0.1, -0.05) is 116 Å². The third-order valence-corrected chi connectivity index (χ3v) is 17.4. The van der Waals surface area contributed by atoms with Crippen LogP contribution < -0.4 is 64.6 Å². The van der Waals surface area contributed by atoms with E-state index in [2.05, 4.69) is 53.2 Å². The highest BCUT2D eigenvalue weighted by Crippen LogP contribution is 2.24. The number of hydrogen-bond donors (Lipinski definition) is 14. The molecule has 28 heteroatoms. The Bertz CT molecular complexity index is 2770. The number of carbonyl (C=O) groups is 12. The molecule has 14 atom stereocenters. The van der Waals surface area contributed by atoms with E-state index in [0.717, 1.165) is 0 Å². The summed E-state index contributed by atoms with van der Waals surface area (Å²) in [6.45, 7) is 16.6. The lowest BCUT2D eigenvalue weighted by Gasteiger charge is -2.32. The summed E-state index contributed by atoms with van der Waals surface area (Å²) >= 11 is 0. The lowest BCUT2D eigenvalue weighted by Crippen LogP contribution is -2.63. The Balaban J connectivity index is 1.59. The average molecular weight is 1340 g/mol. The van der Waals surface area contributed by atoms with Crippen LogP contribution in [0.3, 0.4) is 0 Å². The fraction of sp³-hybridized carbons (Fsp3) is 0.647. The first-order valence-corrected chi connectivity index (χ1v) is 33.9. The Hall–Kier alpha value is -8.08. The van der Waals surface area contributed by atoms with E-state index in [9.17, 15) is 67.7 Å². The van der Waals surface area contributed by atoms with Crippen molar-refractivity contribution in [3.05, 3.63) is 71.8 Å². The molecule has 0 bridgehead atoms. The molecule has 0 radical (unpaired) electrons. The van der Waals surface area contributed by atoms with Gasteiger partial charge < -0.3 is 84.6 Å². The summed E-state index contributed by atoms with van der Waals surface area (Å²) in [5.74, 6) is -11.5. The largest absolute Gasteiger partial charge is 0.391 e. The van der Waals surface area contributed by atoms with E-state index >= 15 is 0 Å². The summed E-state index contributed by atoms with van der Waals surface area (Å²) in [6, 6.07) is 1.01. The van der Waals surface area contributed by atoms with Crippen LogP contribution in [-0.4, -0.2) is 202 Å². The zero-order valence-electron chi connectivity index (χ0n) is 57.3. The van der Waals surface area contributed by atoms with Crippen molar-refractivity contribution in [2.45, 2.75) is 231 Å². The summed E-state index contributed by atoms with van der Waals surface area (Å²) in [4.78, 5) is 178. The molecule has 532 valence electrons. The summed E-state index contributed by atoms with van der Waals surface area (Å²) in [5, 5.41) is 49.4. The minimum absolute atomic E-state index is 0.0222. The predicted molar refractivity (Wildman–Crippen MR) is 358 cm³/mol. The van der Waals surface area contributed by atoms with Crippen LogP contribution >= 0.6 is 0 Å². The van der Waals surface area contributed by atoms with Crippen LogP contribution in [0.1, 0.15) is 145 Å². The first-order chi connectivity index (χ1) is 45.5. The number of aliphatic hydroxyl groups excluding tert-OH is 2. The van der Waals surface area contributed by atoms with Crippen molar-refractivity contribution >= 4 is 70.9 Å². The van der Waals surface area contributed by atoms with Crippen molar-refractivity contribution in [3.8, 4) is 0 Å². The van der Waals surface area contributed by atoms with Gasteiger partial charge >= 0.3 is 0 Å². The molecular formula is C68H106N14O14. The highest BCUT2D eigenvalue weighted by molar-refractivity contribution is 6.01. The fourth-order valence-electron chi connectivity index (χ4n) is 12.2. The molecule has 3 aliphatic rings. The first kappa shape index (κ1) is 78.6. The van der Waals surface area contributed by atoms with Gasteiger partial charge in [0.15, 0.2) is 0 Å². The van der Waals surface area contributed by atoms with Crippen LogP contribution in [0.5, 0.6) is 0 Å². The van der Waals surface area contributed by atoms with Crippen molar-refractivity contribution in [2.24, 2.45) is 35.1 Å². The van der Waals surface area contributed by atoms with Crippen molar-refractivity contribution in [1.29, 1.82) is 0 Å². The normalized spacial score (nSPS) is 27.3. The fourth-order valence-corrected chi connectivity index (χ4v) is 12.2. The third kappa shape index (κ3) is 23.1. The number of nitrogens with one attached hydrogen (secondary N) is 10. The van der Waals surface area contributed by atoms with E-state index in [1.807, 2.05) is 27.7 Å². The number of nitrogens with two attached hydrogens (primary N) is 2.